The Hall–Kier alpha value is -0.340. The van der Waals surface area contributed by atoms with Crippen LogP contribution in [0.3, 0.4) is 0 Å². The molecule has 0 spiro atoms. The predicted octanol–water partition coefficient (Wildman–Crippen LogP) is 1.82. The van der Waals surface area contributed by atoms with E-state index in [9.17, 15) is 0 Å². The fraction of sp³-hybridized carbons (Fsp3) is 0.800. The van der Waals surface area contributed by atoms with E-state index in [-0.39, 0.29) is 5.41 Å². The lowest BCUT2D eigenvalue weighted by atomic mass is 9.86. The zero-order valence-corrected chi connectivity index (χ0v) is 8.52. The van der Waals surface area contributed by atoms with Gasteiger partial charge in [0.1, 0.15) is 0 Å². The van der Waals surface area contributed by atoms with Gasteiger partial charge >= 0.3 is 0 Å². The molecule has 0 aliphatic carbocycles. The third-order valence-corrected chi connectivity index (χ3v) is 2.17. The largest absolute Gasteiger partial charge is 0.385 e. The van der Waals surface area contributed by atoms with Crippen molar-refractivity contribution in [3.8, 4) is 0 Å². The van der Waals surface area contributed by atoms with E-state index in [0.717, 1.165) is 26.0 Å². The molecule has 0 aliphatic rings. The van der Waals surface area contributed by atoms with E-state index in [4.69, 9.17) is 4.74 Å². The summed E-state index contributed by atoms with van der Waals surface area (Å²) in [6.07, 6.45) is 4.26. The molecule has 1 N–H and O–H groups in total. The zero-order valence-electron chi connectivity index (χ0n) is 8.52. The molecule has 2 nitrogen and oxygen atoms in total. The molecule has 1 unspecified atom stereocenters. The summed E-state index contributed by atoms with van der Waals surface area (Å²) in [4.78, 5) is 0. The standard InChI is InChI=1S/C10H21NO/c1-5-10(2,9-11-3)7-6-8-12-4/h5,11H,1,6-9H2,2-4H3. The van der Waals surface area contributed by atoms with Gasteiger partial charge in [0.2, 0.25) is 0 Å². The summed E-state index contributed by atoms with van der Waals surface area (Å²) in [5, 5.41) is 3.17. The van der Waals surface area contributed by atoms with Crippen molar-refractivity contribution in [2.75, 3.05) is 27.3 Å². The van der Waals surface area contributed by atoms with Crippen molar-refractivity contribution in [2.24, 2.45) is 5.41 Å². The van der Waals surface area contributed by atoms with Crippen molar-refractivity contribution in [2.45, 2.75) is 19.8 Å². The van der Waals surface area contributed by atoms with E-state index < -0.39 is 0 Å². The molecule has 0 heterocycles. The summed E-state index contributed by atoms with van der Waals surface area (Å²) >= 11 is 0. The molecule has 0 saturated heterocycles. The molecule has 12 heavy (non-hydrogen) atoms. The van der Waals surface area contributed by atoms with Gasteiger partial charge < -0.3 is 10.1 Å². The Morgan fingerprint density at radius 3 is 2.67 bits per heavy atom. The highest BCUT2D eigenvalue weighted by molar-refractivity contribution is 4.92. The van der Waals surface area contributed by atoms with E-state index in [1.54, 1.807) is 7.11 Å². The minimum atomic E-state index is 0.216. The molecule has 2 heteroatoms. The van der Waals surface area contributed by atoms with Gasteiger partial charge in [-0.15, -0.1) is 6.58 Å². The minimum absolute atomic E-state index is 0.216. The highest BCUT2D eigenvalue weighted by Crippen LogP contribution is 2.23. The second kappa shape index (κ2) is 6.21. The van der Waals surface area contributed by atoms with E-state index in [1.165, 1.54) is 0 Å². The van der Waals surface area contributed by atoms with Crippen LogP contribution in [0.5, 0.6) is 0 Å². The van der Waals surface area contributed by atoms with Crippen LogP contribution in [-0.2, 0) is 4.74 Å². The van der Waals surface area contributed by atoms with Crippen LogP contribution in [0.4, 0.5) is 0 Å². The van der Waals surface area contributed by atoms with Gasteiger partial charge in [-0.05, 0) is 25.3 Å². The summed E-state index contributed by atoms with van der Waals surface area (Å²) in [5.74, 6) is 0. The average Bonchev–Trinajstić information content (AvgIpc) is 2.06. The minimum Gasteiger partial charge on any atom is -0.385 e. The number of methoxy groups -OCH3 is 1. The molecule has 0 aromatic carbocycles. The lowest BCUT2D eigenvalue weighted by molar-refractivity contribution is 0.180. The molecule has 0 bridgehead atoms. The fourth-order valence-corrected chi connectivity index (χ4v) is 1.29. The van der Waals surface area contributed by atoms with Gasteiger partial charge in [-0.1, -0.05) is 13.0 Å². The maximum absolute atomic E-state index is 5.01. The number of nitrogens with one attached hydrogen (secondary N) is 1. The molecule has 0 saturated carbocycles. The molecule has 0 rings (SSSR count). The maximum atomic E-state index is 5.01. The fourth-order valence-electron chi connectivity index (χ4n) is 1.29. The first kappa shape index (κ1) is 11.7. The Labute approximate surface area is 76.0 Å². The van der Waals surface area contributed by atoms with Crippen LogP contribution in [0.15, 0.2) is 12.7 Å². The van der Waals surface area contributed by atoms with Crippen molar-refractivity contribution in [1.82, 2.24) is 5.32 Å². The van der Waals surface area contributed by atoms with Crippen LogP contribution in [0.25, 0.3) is 0 Å². The first-order valence-electron chi connectivity index (χ1n) is 4.45. The third-order valence-electron chi connectivity index (χ3n) is 2.17. The Bertz CT molecular complexity index is 125. The number of hydrogen-bond donors (Lipinski definition) is 1. The van der Waals surface area contributed by atoms with Gasteiger partial charge in [-0.3, -0.25) is 0 Å². The highest BCUT2D eigenvalue weighted by Gasteiger charge is 2.17. The zero-order chi connectivity index (χ0) is 9.45. The van der Waals surface area contributed by atoms with E-state index in [2.05, 4.69) is 18.8 Å². The van der Waals surface area contributed by atoms with E-state index >= 15 is 0 Å². The summed E-state index contributed by atoms with van der Waals surface area (Å²) in [5.41, 5.74) is 0.216. The Morgan fingerprint density at radius 1 is 1.58 bits per heavy atom. The predicted molar refractivity (Wildman–Crippen MR) is 53.3 cm³/mol. The van der Waals surface area contributed by atoms with Crippen molar-refractivity contribution in [3.05, 3.63) is 12.7 Å². The number of ether oxygens (including phenoxy) is 1. The second-order valence-corrected chi connectivity index (χ2v) is 3.48. The van der Waals surface area contributed by atoms with Gasteiger partial charge in [-0.25, -0.2) is 0 Å². The molecule has 0 aromatic rings. The Balaban J connectivity index is 3.71. The molecular formula is C10H21NO. The Morgan fingerprint density at radius 2 is 2.25 bits per heavy atom. The van der Waals surface area contributed by atoms with E-state index in [0.29, 0.717) is 0 Å². The van der Waals surface area contributed by atoms with Gasteiger partial charge in [0, 0.05) is 20.3 Å². The normalized spacial score (nSPS) is 15.6. The van der Waals surface area contributed by atoms with Crippen LogP contribution in [0, 0.1) is 5.41 Å². The highest BCUT2D eigenvalue weighted by atomic mass is 16.5. The Kier molecular flexibility index (Phi) is 6.03. The molecule has 1 atom stereocenters. The van der Waals surface area contributed by atoms with Crippen molar-refractivity contribution < 1.29 is 4.74 Å². The van der Waals surface area contributed by atoms with Crippen LogP contribution in [-0.4, -0.2) is 27.3 Å². The summed E-state index contributed by atoms with van der Waals surface area (Å²) in [6, 6.07) is 0. The third kappa shape index (κ3) is 4.52. The summed E-state index contributed by atoms with van der Waals surface area (Å²) in [6.45, 7) is 7.89. The summed E-state index contributed by atoms with van der Waals surface area (Å²) in [7, 11) is 3.71. The second-order valence-electron chi connectivity index (χ2n) is 3.48. The molecule has 72 valence electrons. The molecule has 0 amide bonds. The SMILES string of the molecule is C=CC(C)(CCCOC)CNC. The van der Waals surface area contributed by atoms with Gasteiger partial charge in [0.25, 0.3) is 0 Å². The van der Waals surface area contributed by atoms with Crippen LogP contribution in [0.2, 0.25) is 0 Å². The van der Waals surface area contributed by atoms with Gasteiger partial charge in [0.15, 0.2) is 0 Å². The van der Waals surface area contributed by atoms with Crippen LogP contribution >= 0.6 is 0 Å². The first-order chi connectivity index (χ1) is 5.68. The monoisotopic (exact) mass is 171 g/mol. The average molecular weight is 171 g/mol. The first-order valence-corrected chi connectivity index (χ1v) is 4.45. The molecule has 0 aromatic heterocycles. The lowest BCUT2D eigenvalue weighted by Crippen LogP contribution is -2.27. The van der Waals surface area contributed by atoms with Crippen molar-refractivity contribution in [3.63, 3.8) is 0 Å². The molecule has 0 aliphatic heterocycles. The number of rotatable bonds is 7. The van der Waals surface area contributed by atoms with Crippen LogP contribution < -0.4 is 5.32 Å². The van der Waals surface area contributed by atoms with Crippen LogP contribution in [0.1, 0.15) is 19.8 Å². The lowest BCUT2D eigenvalue weighted by Gasteiger charge is -2.25. The smallest absolute Gasteiger partial charge is 0.0462 e. The van der Waals surface area contributed by atoms with Gasteiger partial charge in [-0.2, -0.15) is 0 Å². The van der Waals surface area contributed by atoms with E-state index in [1.807, 2.05) is 13.1 Å². The van der Waals surface area contributed by atoms with Gasteiger partial charge in [0.05, 0.1) is 0 Å². The quantitative estimate of drug-likeness (QED) is 0.466. The van der Waals surface area contributed by atoms with Crippen molar-refractivity contribution in [1.29, 1.82) is 0 Å². The molecular weight excluding hydrogens is 150 g/mol. The number of hydrogen-bond acceptors (Lipinski definition) is 2. The topological polar surface area (TPSA) is 21.3 Å². The molecule has 0 fully saturated rings. The van der Waals surface area contributed by atoms with Crippen molar-refractivity contribution >= 4 is 0 Å². The molecule has 0 radical (unpaired) electrons. The summed E-state index contributed by atoms with van der Waals surface area (Å²) < 4.78 is 5.01. The maximum Gasteiger partial charge on any atom is 0.0462 e.